The van der Waals surface area contributed by atoms with E-state index in [2.05, 4.69) is 32.2 Å². The Labute approximate surface area is 135 Å². The molecule has 4 aliphatic carbocycles. The summed E-state index contributed by atoms with van der Waals surface area (Å²) in [5.74, 6) is 2.56. The topological polar surface area (TPSA) is 20.2 Å². The van der Waals surface area contributed by atoms with Crippen molar-refractivity contribution in [2.45, 2.75) is 71.3 Å². The predicted molar refractivity (Wildman–Crippen MR) is 90.4 cm³/mol. The number of fused-ring (bicyclic) bond motifs is 5. The molecule has 0 bridgehead atoms. The lowest BCUT2D eigenvalue weighted by atomic mass is 9.47. The summed E-state index contributed by atoms with van der Waals surface area (Å²) in [6.07, 6.45) is 12.0. The van der Waals surface area contributed by atoms with Gasteiger partial charge in [0.15, 0.2) is 0 Å². The quantitative estimate of drug-likeness (QED) is 0.491. The van der Waals surface area contributed by atoms with Gasteiger partial charge < -0.3 is 5.11 Å². The number of rotatable bonds is 0. The molecule has 1 nitrogen and oxygen atoms in total. The molecule has 1 heteroatoms. The van der Waals surface area contributed by atoms with Gasteiger partial charge in [0, 0.05) is 0 Å². The molecule has 4 aliphatic rings. The second-order valence-electron chi connectivity index (χ2n) is 8.78. The molecule has 0 aromatic rings. The van der Waals surface area contributed by atoms with E-state index in [0.29, 0.717) is 10.8 Å². The molecular weight excluding hydrogens is 268 g/mol. The van der Waals surface area contributed by atoms with Crippen LogP contribution < -0.4 is 0 Å². The third-order valence-electron chi connectivity index (χ3n) is 8.09. The number of aliphatic hydroxyl groups is 1. The van der Waals surface area contributed by atoms with Gasteiger partial charge in [-0.05, 0) is 85.5 Å². The van der Waals surface area contributed by atoms with Gasteiger partial charge in [0.25, 0.3) is 0 Å². The van der Waals surface area contributed by atoms with E-state index in [-0.39, 0.29) is 6.10 Å². The molecule has 6 atom stereocenters. The fraction of sp³-hybridized carbons (Fsp3) is 0.762. The van der Waals surface area contributed by atoms with Crippen LogP contribution in [-0.2, 0) is 0 Å². The molecule has 0 radical (unpaired) electrons. The molecule has 0 aromatic carbocycles. The van der Waals surface area contributed by atoms with Crippen molar-refractivity contribution in [2.75, 3.05) is 0 Å². The summed E-state index contributed by atoms with van der Waals surface area (Å²) >= 11 is 0. The number of aliphatic hydroxyl groups excluding tert-OH is 1. The first kappa shape index (κ1) is 14.8. The lowest BCUT2D eigenvalue weighted by molar-refractivity contribution is -0.0313. The number of hydrogen-bond donors (Lipinski definition) is 1. The summed E-state index contributed by atoms with van der Waals surface area (Å²) in [4.78, 5) is 0. The molecular formula is C21H30O. The fourth-order valence-corrected chi connectivity index (χ4v) is 6.81. The molecule has 4 rings (SSSR count). The third-order valence-corrected chi connectivity index (χ3v) is 8.09. The largest absolute Gasteiger partial charge is 0.389 e. The Morgan fingerprint density at radius 3 is 2.55 bits per heavy atom. The average molecular weight is 298 g/mol. The van der Waals surface area contributed by atoms with Crippen LogP contribution in [0.3, 0.4) is 0 Å². The Balaban J connectivity index is 1.70. The maximum atomic E-state index is 10.0. The summed E-state index contributed by atoms with van der Waals surface area (Å²) in [6.45, 7) is 8.97. The van der Waals surface area contributed by atoms with Crippen LogP contribution in [0.5, 0.6) is 0 Å². The number of hydrogen-bond acceptors (Lipinski definition) is 1. The van der Waals surface area contributed by atoms with Gasteiger partial charge in [-0.25, -0.2) is 0 Å². The lowest BCUT2D eigenvalue weighted by Gasteiger charge is -2.57. The zero-order valence-corrected chi connectivity index (χ0v) is 14.2. The SMILES string of the molecule is C=C=C1CCC2C3CCC4=C[C@@H](O)CC[C@]4(C)C3CC[C@]12C. The van der Waals surface area contributed by atoms with Gasteiger partial charge in [-0.2, -0.15) is 0 Å². The van der Waals surface area contributed by atoms with Crippen LogP contribution in [0.1, 0.15) is 65.2 Å². The number of allylic oxidation sites excluding steroid dienone is 2. The van der Waals surface area contributed by atoms with Crippen molar-refractivity contribution < 1.29 is 5.11 Å². The summed E-state index contributed by atoms with van der Waals surface area (Å²) in [5.41, 5.74) is 7.13. The minimum atomic E-state index is -0.185. The van der Waals surface area contributed by atoms with E-state index in [0.717, 1.165) is 24.2 Å². The van der Waals surface area contributed by atoms with Crippen molar-refractivity contribution in [1.29, 1.82) is 0 Å². The standard InChI is InChI=1S/C21H30O/c1-4-14-6-8-18-17-7-5-15-13-16(22)9-11-21(15,3)19(17)10-12-20(14,18)2/h13,16-19,22H,1,5-12H2,2-3H3/t16-,17?,18?,19?,20+,21-/m0/s1. The van der Waals surface area contributed by atoms with Gasteiger partial charge in [0.05, 0.1) is 6.10 Å². The van der Waals surface area contributed by atoms with Gasteiger partial charge in [-0.3, -0.25) is 0 Å². The second-order valence-corrected chi connectivity index (χ2v) is 8.78. The van der Waals surface area contributed by atoms with Crippen molar-refractivity contribution >= 4 is 0 Å². The molecule has 0 amide bonds. The molecule has 3 unspecified atom stereocenters. The maximum Gasteiger partial charge on any atom is 0.0724 e. The van der Waals surface area contributed by atoms with Crippen molar-refractivity contribution in [3.8, 4) is 0 Å². The molecule has 3 saturated carbocycles. The highest BCUT2D eigenvalue weighted by molar-refractivity contribution is 5.28. The van der Waals surface area contributed by atoms with Gasteiger partial charge >= 0.3 is 0 Å². The van der Waals surface area contributed by atoms with E-state index >= 15 is 0 Å². The lowest BCUT2D eigenvalue weighted by Crippen LogP contribution is -2.49. The predicted octanol–water partition coefficient (Wildman–Crippen LogP) is 5.02. The molecule has 0 aromatic heterocycles. The highest BCUT2D eigenvalue weighted by atomic mass is 16.3. The minimum Gasteiger partial charge on any atom is -0.389 e. The monoisotopic (exact) mass is 298 g/mol. The Morgan fingerprint density at radius 1 is 1.05 bits per heavy atom. The molecule has 0 aliphatic heterocycles. The summed E-state index contributed by atoms with van der Waals surface area (Å²) < 4.78 is 0. The van der Waals surface area contributed by atoms with E-state index in [4.69, 9.17) is 0 Å². The first-order chi connectivity index (χ1) is 10.5. The minimum absolute atomic E-state index is 0.185. The van der Waals surface area contributed by atoms with Crippen molar-refractivity contribution in [2.24, 2.45) is 28.6 Å². The summed E-state index contributed by atoms with van der Waals surface area (Å²) in [7, 11) is 0. The molecule has 0 heterocycles. The first-order valence-electron chi connectivity index (χ1n) is 9.27. The van der Waals surface area contributed by atoms with Gasteiger partial charge in [-0.1, -0.05) is 32.1 Å². The van der Waals surface area contributed by atoms with Crippen LogP contribution in [0.4, 0.5) is 0 Å². The Morgan fingerprint density at radius 2 is 1.77 bits per heavy atom. The van der Waals surface area contributed by atoms with Crippen molar-refractivity contribution in [3.05, 3.63) is 29.5 Å². The fourth-order valence-electron chi connectivity index (χ4n) is 6.81. The highest BCUT2D eigenvalue weighted by Gasteiger charge is 2.57. The Bertz CT molecular complexity index is 566. The zero-order chi connectivity index (χ0) is 15.5. The second kappa shape index (κ2) is 4.86. The first-order valence-corrected chi connectivity index (χ1v) is 9.27. The zero-order valence-electron chi connectivity index (χ0n) is 14.2. The normalized spacial score (nSPS) is 50.5. The van der Waals surface area contributed by atoms with Gasteiger partial charge in [0.1, 0.15) is 0 Å². The third kappa shape index (κ3) is 1.82. The van der Waals surface area contributed by atoms with Crippen LogP contribution in [-0.4, -0.2) is 11.2 Å². The van der Waals surface area contributed by atoms with E-state index < -0.39 is 0 Å². The summed E-state index contributed by atoms with van der Waals surface area (Å²) in [6, 6.07) is 0. The molecule has 3 fully saturated rings. The van der Waals surface area contributed by atoms with E-state index in [1.54, 1.807) is 5.57 Å². The molecule has 120 valence electrons. The van der Waals surface area contributed by atoms with Crippen LogP contribution in [0, 0.1) is 28.6 Å². The summed E-state index contributed by atoms with van der Waals surface area (Å²) in [5, 5.41) is 10.0. The van der Waals surface area contributed by atoms with E-state index in [9.17, 15) is 5.11 Å². The average Bonchev–Trinajstić information content (AvgIpc) is 2.84. The van der Waals surface area contributed by atoms with Gasteiger partial charge in [-0.15, -0.1) is 5.73 Å². The van der Waals surface area contributed by atoms with Gasteiger partial charge in [0.2, 0.25) is 0 Å². The Hall–Kier alpha value is -0.780. The van der Waals surface area contributed by atoms with Crippen LogP contribution in [0.2, 0.25) is 0 Å². The van der Waals surface area contributed by atoms with Crippen LogP contribution in [0.15, 0.2) is 29.5 Å². The van der Waals surface area contributed by atoms with Crippen LogP contribution >= 0.6 is 0 Å². The molecule has 22 heavy (non-hydrogen) atoms. The van der Waals surface area contributed by atoms with Crippen molar-refractivity contribution in [1.82, 2.24) is 0 Å². The molecule has 1 N–H and O–H groups in total. The van der Waals surface area contributed by atoms with E-state index in [1.807, 2.05) is 0 Å². The highest BCUT2D eigenvalue weighted by Crippen LogP contribution is 2.66. The Kier molecular flexibility index (Phi) is 3.26. The van der Waals surface area contributed by atoms with Crippen LogP contribution in [0.25, 0.3) is 0 Å². The molecule has 0 spiro atoms. The van der Waals surface area contributed by atoms with E-state index in [1.165, 1.54) is 50.5 Å². The maximum absolute atomic E-state index is 10.0. The smallest absolute Gasteiger partial charge is 0.0724 e. The van der Waals surface area contributed by atoms with Crippen molar-refractivity contribution in [3.63, 3.8) is 0 Å². The molecule has 0 saturated heterocycles.